The van der Waals surface area contributed by atoms with Gasteiger partial charge in [-0.3, -0.25) is 4.98 Å². The van der Waals surface area contributed by atoms with Gasteiger partial charge in [-0.1, -0.05) is 11.8 Å². The number of nitrogens with zero attached hydrogens (tertiary/aromatic N) is 2. The molecule has 0 radical (unpaired) electrons. The van der Waals surface area contributed by atoms with E-state index in [9.17, 15) is 4.39 Å². The lowest BCUT2D eigenvalue weighted by Crippen LogP contribution is -1.86. The zero-order valence-electron chi connectivity index (χ0n) is 13.4. The molecule has 0 aliphatic carbocycles. The van der Waals surface area contributed by atoms with E-state index >= 15 is 0 Å². The van der Waals surface area contributed by atoms with Crippen LogP contribution in [0, 0.1) is 12.7 Å². The van der Waals surface area contributed by atoms with E-state index in [2.05, 4.69) is 15.0 Å². The molecule has 0 saturated carbocycles. The molecule has 0 saturated heterocycles. The van der Waals surface area contributed by atoms with E-state index in [1.165, 1.54) is 12.1 Å². The third-order valence-corrected chi connectivity index (χ3v) is 4.92. The maximum Gasteiger partial charge on any atom is 0.300 e. The summed E-state index contributed by atoms with van der Waals surface area (Å²) in [4.78, 5) is 13.9. The smallest absolute Gasteiger partial charge is 0.300 e. The van der Waals surface area contributed by atoms with Crippen LogP contribution in [0.2, 0.25) is 0 Å². The number of fused-ring (bicyclic) bond motifs is 1. The van der Waals surface area contributed by atoms with E-state index in [1.807, 2.05) is 31.2 Å². The molecule has 25 heavy (non-hydrogen) atoms. The van der Waals surface area contributed by atoms with Crippen LogP contribution in [-0.4, -0.2) is 15.0 Å². The molecule has 2 heterocycles. The van der Waals surface area contributed by atoms with Gasteiger partial charge < -0.3 is 9.72 Å². The second kappa shape index (κ2) is 6.57. The van der Waals surface area contributed by atoms with Gasteiger partial charge in [0.15, 0.2) is 0 Å². The van der Waals surface area contributed by atoms with Gasteiger partial charge in [0.25, 0.3) is 6.01 Å². The number of H-pyrrole nitrogens is 1. The minimum atomic E-state index is -0.300. The van der Waals surface area contributed by atoms with Crippen LogP contribution >= 0.6 is 11.8 Å². The Labute approximate surface area is 148 Å². The fourth-order valence-electron chi connectivity index (χ4n) is 2.48. The molecule has 1 N–H and O–H groups in total. The number of benzene rings is 2. The zero-order chi connectivity index (χ0) is 17.2. The van der Waals surface area contributed by atoms with E-state index < -0.39 is 0 Å². The molecule has 0 unspecified atom stereocenters. The van der Waals surface area contributed by atoms with Crippen LogP contribution in [0.15, 0.2) is 70.7 Å². The van der Waals surface area contributed by atoms with Crippen molar-refractivity contribution in [1.29, 1.82) is 0 Å². The second-order valence-corrected chi connectivity index (χ2v) is 6.58. The fourth-order valence-corrected chi connectivity index (χ4v) is 3.38. The Hall–Kier alpha value is -2.86. The first-order valence-corrected chi connectivity index (χ1v) is 8.51. The lowest BCUT2D eigenvalue weighted by Gasteiger charge is -2.05. The zero-order valence-corrected chi connectivity index (χ0v) is 14.2. The van der Waals surface area contributed by atoms with Crippen LogP contribution in [0.25, 0.3) is 11.0 Å². The van der Waals surface area contributed by atoms with Gasteiger partial charge in [-0.15, -0.1) is 0 Å². The van der Waals surface area contributed by atoms with E-state index in [-0.39, 0.29) is 5.82 Å². The summed E-state index contributed by atoms with van der Waals surface area (Å²) in [5, 5.41) is 0. The standard InChI is InChI=1S/C19H14FN3OS/c1-12-17(25-15-8-10-21-11-9-15)7-6-16-18(12)23-19(22-16)24-14-4-2-13(20)3-5-14/h2-11H,1H3,(H,22,23). The number of hydrogen-bond acceptors (Lipinski definition) is 4. The third kappa shape index (κ3) is 3.34. The second-order valence-electron chi connectivity index (χ2n) is 5.47. The predicted octanol–water partition coefficient (Wildman–Crippen LogP) is 5.35. The highest BCUT2D eigenvalue weighted by Gasteiger charge is 2.11. The summed E-state index contributed by atoms with van der Waals surface area (Å²) in [6.45, 7) is 2.05. The number of aryl methyl sites for hydroxylation is 1. The van der Waals surface area contributed by atoms with Gasteiger partial charge in [0, 0.05) is 22.2 Å². The number of aromatic amines is 1. The highest BCUT2D eigenvalue weighted by molar-refractivity contribution is 7.99. The van der Waals surface area contributed by atoms with Crippen molar-refractivity contribution in [3.8, 4) is 11.8 Å². The SMILES string of the molecule is Cc1c(Sc2ccncc2)ccc2nc(Oc3ccc(F)cc3)[nH]c12. The van der Waals surface area contributed by atoms with Crippen LogP contribution in [0.4, 0.5) is 4.39 Å². The summed E-state index contributed by atoms with van der Waals surface area (Å²) in [7, 11) is 0. The molecule has 0 atom stereocenters. The fraction of sp³-hybridized carbons (Fsp3) is 0.0526. The molecule has 0 amide bonds. The largest absolute Gasteiger partial charge is 0.426 e. The minimum absolute atomic E-state index is 0.300. The first-order chi connectivity index (χ1) is 12.2. The van der Waals surface area contributed by atoms with Crippen molar-refractivity contribution in [1.82, 2.24) is 15.0 Å². The van der Waals surface area contributed by atoms with Gasteiger partial charge >= 0.3 is 0 Å². The van der Waals surface area contributed by atoms with Crippen molar-refractivity contribution in [3.05, 3.63) is 72.3 Å². The number of pyridine rings is 1. The molecule has 4 rings (SSSR count). The van der Waals surface area contributed by atoms with Gasteiger partial charge in [0.1, 0.15) is 11.6 Å². The van der Waals surface area contributed by atoms with Crippen molar-refractivity contribution < 1.29 is 9.13 Å². The Balaban J connectivity index is 1.64. The number of imidazole rings is 1. The summed E-state index contributed by atoms with van der Waals surface area (Å²) >= 11 is 1.67. The monoisotopic (exact) mass is 351 g/mol. The average molecular weight is 351 g/mol. The Morgan fingerprint density at radius 3 is 2.52 bits per heavy atom. The predicted molar refractivity (Wildman–Crippen MR) is 95.7 cm³/mol. The highest BCUT2D eigenvalue weighted by atomic mass is 32.2. The first-order valence-electron chi connectivity index (χ1n) is 7.70. The molecular formula is C19H14FN3OS. The quantitative estimate of drug-likeness (QED) is 0.538. The molecule has 124 valence electrons. The lowest BCUT2D eigenvalue weighted by molar-refractivity contribution is 0.448. The molecule has 0 aliphatic rings. The molecule has 0 bridgehead atoms. The summed E-state index contributed by atoms with van der Waals surface area (Å²) in [5.74, 6) is 0.232. The molecule has 4 nitrogen and oxygen atoms in total. The molecule has 0 aliphatic heterocycles. The molecule has 0 fully saturated rings. The molecule has 0 spiro atoms. The Bertz CT molecular complexity index is 1020. The summed E-state index contributed by atoms with van der Waals surface area (Å²) in [6.07, 6.45) is 3.56. The Morgan fingerprint density at radius 2 is 1.76 bits per heavy atom. The topological polar surface area (TPSA) is 50.8 Å². The van der Waals surface area contributed by atoms with Crippen LogP contribution in [0.5, 0.6) is 11.8 Å². The number of nitrogens with one attached hydrogen (secondary N) is 1. The molecule has 2 aromatic heterocycles. The van der Waals surface area contributed by atoms with E-state index in [0.29, 0.717) is 11.8 Å². The minimum Gasteiger partial charge on any atom is -0.426 e. The Kier molecular flexibility index (Phi) is 4.11. The van der Waals surface area contributed by atoms with Gasteiger partial charge in [-0.05, 0) is 61.0 Å². The normalized spacial score (nSPS) is 11.0. The average Bonchev–Trinajstić information content (AvgIpc) is 3.04. The van der Waals surface area contributed by atoms with Crippen molar-refractivity contribution in [3.63, 3.8) is 0 Å². The summed E-state index contributed by atoms with van der Waals surface area (Å²) in [6, 6.07) is 14.2. The van der Waals surface area contributed by atoms with Crippen molar-refractivity contribution in [2.75, 3.05) is 0 Å². The van der Waals surface area contributed by atoms with Crippen molar-refractivity contribution in [2.45, 2.75) is 16.7 Å². The number of hydrogen-bond donors (Lipinski definition) is 1. The maximum atomic E-state index is 13.0. The first kappa shape index (κ1) is 15.7. The molecule has 2 aromatic carbocycles. The maximum absolute atomic E-state index is 13.0. The number of ether oxygens (including phenoxy) is 1. The third-order valence-electron chi connectivity index (χ3n) is 3.75. The highest BCUT2D eigenvalue weighted by Crippen LogP contribution is 2.34. The number of aromatic nitrogens is 3. The van der Waals surface area contributed by atoms with E-state index in [4.69, 9.17) is 4.74 Å². The molecular weight excluding hydrogens is 337 g/mol. The lowest BCUT2D eigenvalue weighted by atomic mass is 10.2. The van der Waals surface area contributed by atoms with Crippen LogP contribution in [0.1, 0.15) is 5.56 Å². The van der Waals surface area contributed by atoms with E-state index in [1.54, 1.807) is 36.3 Å². The summed E-state index contributed by atoms with van der Waals surface area (Å²) < 4.78 is 18.7. The van der Waals surface area contributed by atoms with Crippen LogP contribution < -0.4 is 4.74 Å². The Morgan fingerprint density at radius 1 is 1.00 bits per heavy atom. The van der Waals surface area contributed by atoms with Gasteiger partial charge in [-0.25, -0.2) is 4.39 Å². The number of rotatable bonds is 4. The van der Waals surface area contributed by atoms with Gasteiger partial charge in [0.2, 0.25) is 0 Å². The van der Waals surface area contributed by atoms with E-state index in [0.717, 1.165) is 26.4 Å². The molecule has 6 heteroatoms. The van der Waals surface area contributed by atoms with Crippen LogP contribution in [0.3, 0.4) is 0 Å². The van der Waals surface area contributed by atoms with Crippen LogP contribution in [-0.2, 0) is 0 Å². The molecule has 4 aromatic rings. The van der Waals surface area contributed by atoms with Gasteiger partial charge in [0.05, 0.1) is 11.0 Å². The summed E-state index contributed by atoms with van der Waals surface area (Å²) in [5.41, 5.74) is 2.85. The van der Waals surface area contributed by atoms with Gasteiger partial charge in [-0.2, -0.15) is 4.98 Å². The number of halogens is 1. The van der Waals surface area contributed by atoms with Crippen molar-refractivity contribution in [2.24, 2.45) is 0 Å². The van der Waals surface area contributed by atoms with Crippen molar-refractivity contribution >= 4 is 22.8 Å².